The van der Waals surface area contributed by atoms with E-state index in [1.165, 1.54) is 23.3 Å². The monoisotopic (exact) mass is 225 g/mol. The van der Waals surface area contributed by atoms with E-state index in [-0.39, 0.29) is 12.1 Å². The molecule has 88 valence electrons. The van der Waals surface area contributed by atoms with Crippen LogP contribution in [0.5, 0.6) is 0 Å². The molecule has 0 atom stereocenters. The minimum Gasteiger partial charge on any atom is -0.478 e. The highest BCUT2D eigenvalue weighted by Gasteiger charge is 2.22. The van der Waals surface area contributed by atoms with Crippen molar-refractivity contribution in [2.45, 2.75) is 26.4 Å². The Bertz CT molecular complexity index is 363. The van der Waals surface area contributed by atoms with Crippen LogP contribution in [0, 0.1) is 0 Å². The van der Waals surface area contributed by atoms with Crippen molar-refractivity contribution in [1.82, 2.24) is 4.90 Å². The molecule has 0 radical (unpaired) electrons. The molecule has 1 aliphatic heterocycles. The number of carboxylic acid groups (broad SMARTS) is 1. The maximum Gasteiger partial charge on any atom is 0.414 e. The lowest BCUT2D eigenvalue weighted by atomic mass is 10.2. The van der Waals surface area contributed by atoms with Crippen molar-refractivity contribution in [3.8, 4) is 0 Å². The first-order valence-electron chi connectivity index (χ1n) is 4.91. The van der Waals surface area contributed by atoms with E-state index >= 15 is 0 Å². The van der Waals surface area contributed by atoms with Crippen LogP contribution in [0.1, 0.15) is 20.8 Å². The zero-order valence-corrected chi connectivity index (χ0v) is 9.56. The molecule has 0 spiro atoms. The van der Waals surface area contributed by atoms with Gasteiger partial charge in [0.15, 0.2) is 0 Å². The fourth-order valence-electron chi connectivity index (χ4n) is 1.11. The summed E-state index contributed by atoms with van der Waals surface area (Å²) >= 11 is 0. The standard InChI is InChI=1S/C11H15NO4/c1-11(2,3)16-10(15)12-6-4-8(5-7-12)9(13)14/h4-6H,7H2,1-3H3,(H,13,14). The summed E-state index contributed by atoms with van der Waals surface area (Å²) in [7, 11) is 0. The van der Waals surface area contributed by atoms with Crippen LogP contribution >= 0.6 is 0 Å². The van der Waals surface area contributed by atoms with Crippen molar-refractivity contribution in [2.75, 3.05) is 6.54 Å². The Hall–Kier alpha value is -1.78. The molecule has 0 aliphatic carbocycles. The third-order valence-electron chi connectivity index (χ3n) is 1.82. The lowest BCUT2D eigenvalue weighted by Crippen LogP contribution is -2.34. The second-order valence-corrected chi connectivity index (χ2v) is 4.41. The molecular weight excluding hydrogens is 210 g/mol. The largest absolute Gasteiger partial charge is 0.478 e. The van der Waals surface area contributed by atoms with Gasteiger partial charge in [0, 0.05) is 12.7 Å². The number of aliphatic carboxylic acids is 1. The number of hydrogen-bond donors (Lipinski definition) is 1. The number of carbonyl (C=O) groups excluding carboxylic acids is 1. The van der Waals surface area contributed by atoms with Gasteiger partial charge in [-0.15, -0.1) is 0 Å². The number of ether oxygens (including phenoxy) is 1. The fourth-order valence-corrected chi connectivity index (χ4v) is 1.11. The molecule has 0 aromatic carbocycles. The molecule has 5 nitrogen and oxygen atoms in total. The van der Waals surface area contributed by atoms with Crippen molar-refractivity contribution >= 4 is 12.1 Å². The molecule has 0 unspecified atom stereocenters. The highest BCUT2D eigenvalue weighted by molar-refractivity contribution is 5.90. The van der Waals surface area contributed by atoms with Gasteiger partial charge < -0.3 is 9.84 Å². The first-order valence-corrected chi connectivity index (χ1v) is 4.91. The van der Waals surface area contributed by atoms with Crippen LogP contribution in [0.25, 0.3) is 0 Å². The molecule has 1 rings (SSSR count). The van der Waals surface area contributed by atoms with Gasteiger partial charge in [0.2, 0.25) is 0 Å². The maximum atomic E-state index is 11.6. The second kappa shape index (κ2) is 4.38. The van der Waals surface area contributed by atoms with Crippen molar-refractivity contribution in [2.24, 2.45) is 0 Å². The molecule has 5 heteroatoms. The Morgan fingerprint density at radius 3 is 2.44 bits per heavy atom. The van der Waals surface area contributed by atoms with Crippen LogP contribution < -0.4 is 0 Å². The summed E-state index contributed by atoms with van der Waals surface area (Å²) in [6, 6.07) is 0. The quantitative estimate of drug-likeness (QED) is 0.738. The third-order valence-corrected chi connectivity index (χ3v) is 1.82. The van der Waals surface area contributed by atoms with Crippen LogP contribution in [0.3, 0.4) is 0 Å². The smallest absolute Gasteiger partial charge is 0.414 e. The van der Waals surface area contributed by atoms with Gasteiger partial charge in [-0.3, -0.25) is 4.90 Å². The van der Waals surface area contributed by atoms with Gasteiger partial charge in [-0.05, 0) is 26.8 Å². The molecule has 1 heterocycles. The zero-order chi connectivity index (χ0) is 12.3. The SMILES string of the molecule is CC(C)(C)OC(=O)N1C=CC(C(=O)O)=CC1. The van der Waals surface area contributed by atoms with Gasteiger partial charge >= 0.3 is 12.1 Å². The average Bonchev–Trinajstić information content (AvgIpc) is 2.15. The molecule has 16 heavy (non-hydrogen) atoms. The molecule has 0 aromatic rings. The first-order chi connectivity index (χ1) is 7.29. The molecular formula is C11H15NO4. The molecule has 0 saturated heterocycles. The van der Waals surface area contributed by atoms with Crippen LogP contribution in [0.4, 0.5) is 4.79 Å². The lowest BCUT2D eigenvalue weighted by molar-refractivity contribution is -0.132. The van der Waals surface area contributed by atoms with E-state index in [1.54, 1.807) is 20.8 Å². The fraction of sp³-hybridized carbons (Fsp3) is 0.455. The summed E-state index contributed by atoms with van der Waals surface area (Å²) in [6.07, 6.45) is 3.77. The van der Waals surface area contributed by atoms with E-state index in [0.717, 1.165) is 0 Å². The van der Waals surface area contributed by atoms with Crippen LogP contribution in [-0.2, 0) is 9.53 Å². The summed E-state index contributed by atoms with van der Waals surface area (Å²) in [5, 5.41) is 8.70. The van der Waals surface area contributed by atoms with E-state index in [2.05, 4.69) is 0 Å². The van der Waals surface area contributed by atoms with E-state index in [1.807, 2.05) is 0 Å². The minimum atomic E-state index is -1.000. The van der Waals surface area contributed by atoms with Gasteiger partial charge in [-0.25, -0.2) is 9.59 Å². The normalized spacial score (nSPS) is 15.7. The first kappa shape index (κ1) is 12.3. The number of amides is 1. The highest BCUT2D eigenvalue weighted by Crippen LogP contribution is 2.13. The number of carbonyl (C=O) groups is 2. The number of nitrogens with zero attached hydrogens (tertiary/aromatic N) is 1. The topological polar surface area (TPSA) is 66.8 Å². The van der Waals surface area contributed by atoms with Crippen LogP contribution in [-0.4, -0.2) is 34.2 Å². The molecule has 1 aliphatic rings. The Morgan fingerprint density at radius 2 is 2.06 bits per heavy atom. The Kier molecular flexibility index (Phi) is 3.37. The second-order valence-electron chi connectivity index (χ2n) is 4.41. The van der Waals surface area contributed by atoms with Gasteiger partial charge in [-0.2, -0.15) is 0 Å². The molecule has 0 saturated carbocycles. The Labute approximate surface area is 94.0 Å². The van der Waals surface area contributed by atoms with Crippen molar-refractivity contribution in [3.05, 3.63) is 23.9 Å². The molecule has 0 fully saturated rings. The number of hydrogen-bond acceptors (Lipinski definition) is 3. The van der Waals surface area contributed by atoms with E-state index in [4.69, 9.17) is 9.84 Å². The van der Waals surface area contributed by atoms with Crippen LogP contribution in [0.15, 0.2) is 23.9 Å². The van der Waals surface area contributed by atoms with Gasteiger partial charge in [0.1, 0.15) is 5.60 Å². The Morgan fingerprint density at radius 1 is 1.44 bits per heavy atom. The third kappa shape index (κ3) is 3.42. The van der Waals surface area contributed by atoms with Gasteiger partial charge in [0.05, 0.1) is 5.57 Å². The summed E-state index contributed by atoms with van der Waals surface area (Å²) in [5.74, 6) is -1.000. The lowest BCUT2D eigenvalue weighted by Gasteiger charge is -2.25. The van der Waals surface area contributed by atoms with Crippen molar-refractivity contribution in [3.63, 3.8) is 0 Å². The molecule has 0 bridgehead atoms. The zero-order valence-electron chi connectivity index (χ0n) is 9.56. The highest BCUT2D eigenvalue weighted by atomic mass is 16.6. The molecule has 0 aromatic heterocycles. The maximum absolute atomic E-state index is 11.6. The minimum absolute atomic E-state index is 0.180. The van der Waals surface area contributed by atoms with Crippen LogP contribution in [0.2, 0.25) is 0 Å². The van der Waals surface area contributed by atoms with Crippen molar-refractivity contribution < 1.29 is 19.4 Å². The predicted octanol–water partition coefficient (Wildman–Crippen LogP) is 1.76. The van der Waals surface area contributed by atoms with Gasteiger partial charge in [-0.1, -0.05) is 6.08 Å². The van der Waals surface area contributed by atoms with E-state index < -0.39 is 17.7 Å². The summed E-state index contributed by atoms with van der Waals surface area (Å²) in [4.78, 5) is 23.5. The average molecular weight is 225 g/mol. The van der Waals surface area contributed by atoms with Crippen molar-refractivity contribution in [1.29, 1.82) is 0 Å². The Balaban J connectivity index is 2.59. The molecule has 1 amide bonds. The van der Waals surface area contributed by atoms with E-state index in [9.17, 15) is 9.59 Å². The number of rotatable bonds is 1. The predicted molar refractivity (Wildman–Crippen MR) is 57.8 cm³/mol. The summed E-state index contributed by atoms with van der Waals surface area (Å²) < 4.78 is 5.13. The van der Waals surface area contributed by atoms with E-state index in [0.29, 0.717) is 0 Å². The summed E-state index contributed by atoms with van der Waals surface area (Å²) in [5.41, 5.74) is -0.373. The summed E-state index contributed by atoms with van der Waals surface area (Å²) in [6.45, 7) is 5.54. The van der Waals surface area contributed by atoms with Gasteiger partial charge in [0.25, 0.3) is 0 Å². The number of carboxylic acids is 1. The molecule has 1 N–H and O–H groups in total.